The van der Waals surface area contributed by atoms with Gasteiger partial charge in [-0.2, -0.15) is 0 Å². The smallest absolute Gasteiger partial charge is 0.234 e. The quantitative estimate of drug-likeness (QED) is 0.0976. The molecule has 4 aliphatic rings. The first kappa shape index (κ1) is 32.9. The van der Waals surface area contributed by atoms with E-state index in [4.69, 9.17) is 14.2 Å². The lowest BCUT2D eigenvalue weighted by Gasteiger charge is -2.32. The number of rotatable bonds is 10. The van der Waals surface area contributed by atoms with Gasteiger partial charge in [0.25, 0.3) is 0 Å². The molecule has 2 saturated heterocycles. The number of para-hydroxylation sites is 1. The Morgan fingerprint density at radius 1 is 0.979 bits per heavy atom. The van der Waals surface area contributed by atoms with Crippen LogP contribution in [-0.4, -0.2) is 54.3 Å². The number of phenols is 1. The fraction of sp³-hybridized carbons (Fsp3) is 0.400. The third kappa shape index (κ3) is 6.53. The van der Waals surface area contributed by atoms with Crippen LogP contribution in [0, 0.1) is 21.3 Å². The molecule has 1 saturated carbocycles. The number of fused-ring (bicyclic) bond motifs is 3. The summed E-state index contributed by atoms with van der Waals surface area (Å²) in [4.78, 5) is 29.7. The van der Waals surface area contributed by atoms with Crippen molar-refractivity contribution in [3.05, 3.63) is 98.6 Å². The fourth-order valence-electron chi connectivity index (χ4n) is 8.29. The van der Waals surface area contributed by atoms with E-state index in [0.717, 1.165) is 75.7 Å². The molecule has 2 amide bonds. The first-order valence-electron chi connectivity index (χ1n) is 17.1. The van der Waals surface area contributed by atoms with Gasteiger partial charge in [0.1, 0.15) is 12.4 Å². The van der Waals surface area contributed by atoms with Crippen molar-refractivity contribution in [3.63, 3.8) is 0 Å². The summed E-state index contributed by atoms with van der Waals surface area (Å²) in [7, 11) is 1.56. The van der Waals surface area contributed by atoms with Crippen molar-refractivity contribution in [2.75, 3.05) is 20.3 Å². The molecule has 250 valence electrons. The zero-order valence-corrected chi connectivity index (χ0v) is 29.4. The maximum Gasteiger partial charge on any atom is 0.234 e. The molecule has 1 N–H and O–H groups in total. The van der Waals surface area contributed by atoms with Crippen molar-refractivity contribution in [2.45, 2.75) is 63.5 Å². The Bertz CT molecular complexity index is 1710. The Hall–Kier alpha value is -3.63. The molecule has 2 aliphatic heterocycles. The Morgan fingerprint density at radius 3 is 2.44 bits per heavy atom. The van der Waals surface area contributed by atoms with Gasteiger partial charge in [-0.1, -0.05) is 73.9 Å². The van der Waals surface area contributed by atoms with Crippen LogP contribution in [0.15, 0.2) is 83.9 Å². The number of phenolic OH excluding ortho intramolecular Hbond substituents is 1. The van der Waals surface area contributed by atoms with Crippen molar-refractivity contribution in [1.29, 1.82) is 0 Å². The highest BCUT2D eigenvalue weighted by molar-refractivity contribution is 14.1. The number of nitrogens with zero attached hydrogens (tertiary/aromatic N) is 1. The zero-order valence-electron chi connectivity index (χ0n) is 27.3. The Balaban J connectivity index is 1.19. The predicted molar refractivity (Wildman–Crippen MR) is 193 cm³/mol. The minimum Gasteiger partial charge on any atom is -0.504 e. The van der Waals surface area contributed by atoms with Crippen LogP contribution in [-0.2, 0) is 14.3 Å². The number of hydrogen-bond donors (Lipinski definition) is 1. The van der Waals surface area contributed by atoms with Gasteiger partial charge < -0.3 is 19.3 Å². The van der Waals surface area contributed by atoms with Gasteiger partial charge in [-0.3, -0.25) is 14.5 Å². The third-order valence-corrected chi connectivity index (χ3v) is 11.4. The van der Waals surface area contributed by atoms with Crippen LogP contribution in [0.1, 0.15) is 62.5 Å². The van der Waals surface area contributed by atoms with Crippen molar-refractivity contribution in [2.24, 2.45) is 17.8 Å². The number of carbonyl (C=O) groups is 2. The van der Waals surface area contributed by atoms with Crippen LogP contribution in [0.3, 0.4) is 0 Å². The van der Waals surface area contributed by atoms with Crippen molar-refractivity contribution >= 4 is 46.1 Å². The number of imide groups is 1. The molecule has 0 unspecified atom stereocenters. The zero-order chi connectivity index (χ0) is 33.2. The Morgan fingerprint density at radius 2 is 1.71 bits per heavy atom. The summed E-state index contributed by atoms with van der Waals surface area (Å²) < 4.78 is 19.0. The topological polar surface area (TPSA) is 85.3 Å². The molecule has 0 radical (unpaired) electrons. The number of allylic oxidation sites excluding steroid dienone is 1. The number of halogens is 1. The van der Waals surface area contributed by atoms with E-state index in [9.17, 15) is 14.7 Å². The van der Waals surface area contributed by atoms with Crippen LogP contribution in [0.25, 0.3) is 11.6 Å². The number of ether oxygens (including phenoxy) is 3. The highest BCUT2D eigenvalue weighted by Crippen LogP contribution is 2.51. The summed E-state index contributed by atoms with van der Waals surface area (Å²) >= 11 is 2.13. The number of benzene rings is 3. The summed E-state index contributed by atoms with van der Waals surface area (Å²) in [5.74, 6) is 0.526. The van der Waals surface area contributed by atoms with Gasteiger partial charge in [0.2, 0.25) is 11.8 Å². The molecular formula is C40H42INO6. The number of amides is 2. The minimum absolute atomic E-state index is 0.00451. The monoisotopic (exact) mass is 759 g/mol. The molecule has 3 fully saturated rings. The molecule has 3 aromatic rings. The Labute approximate surface area is 296 Å². The maximum absolute atomic E-state index is 14.1. The first-order valence-corrected chi connectivity index (χ1v) is 18.2. The van der Waals surface area contributed by atoms with E-state index in [1.54, 1.807) is 12.0 Å². The largest absolute Gasteiger partial charge is 0.504 e. The van der Waals surface area contributed by atoms with Crippen molar-refractivity contribution < 1.29 is 28.9 Å². The molecule has 7 nitrogen and oxygen atoms in total. The molecule has 0 aromatic heterocycles. The van der Waals surface area contributed by atoms with Gasteiger partial charge in [-0.15, -0.1) is 0 Å². The second-order valence-electron chi connectivity index (χ2n) is 13.4. The van der Waals surface area contributed by atoms with Gasteiger partial charge in [-0.25, -0.2) is 0 Å². The van der Waals surface area contributed by atoms with Gasteiger partial charge in [-0.05, 0) is 107 Å². The lowest BCUT2D eigenvalue weighted by Crippen LogP contribution is -2.42. The van der Waals surface area contributed by atoms with Crippen molar-refractivity contribution in [1.82, 2.24) is 4.90 Å². The first-order chi connectivity index (χ1) is 23.4. The summed E-state index contributed by atoms with van der Waals surface area (Å²) in [5, 5.41) is 10.4. The van der Waals surface area contributed by atoms with Gasteiger partial charge >= 0.3 is 0 Å². The number of aromatic hydroxyl groups is 1. The lowest BCUT2D eigenvalue weighted by molar-refractivity contribution is -0.143. The van der Waals surface area contributed by atoms with Crippen LogP contribution in [0.2, 0.25) is 0 Å². The molecule has 0 spiro atoms. The van der Waals surface area contributed by atoms with E-state index in [0.29, 0.717) is 25.4 Å². The number of hydrogen-bond acceptors (Lipinski definition) is 6. The number of methoxy groups -OCH3 is 1. The summed E-state index contributed by atoms with van der Waals surface area (Å²) in [6.45, 7) is 0.808. The average Bonchev–Trinajstić information content (AvgIpc) is 3.65. The third-order valence-electron chi connectivity index (χ3n) is 10.6. The molecular weight excluding hydrogens is 717 g/mol. The molecule has 8 heteroatoms. The van der Waals surface area contributed by atoms with E-state index in [-0.39, 0.29) is 47.5 Å². The summed E-state index contributed by atoms with van der Waals surface area (Å²) in [6, 6.07) is 23.9. The SMILES string of the molecule is COc1cc(/C=C(/CC[C@H]2OC[C@H]3C2=C(COc2ccccc2)C[C@H]2C(=O)N(C4CCCCC4)C(=O)[C@H]23)c2ccccc2)cc(I)c1O. The number of likely N-dealkylation sites (tertiary alicyclic amines) is 1. The maximum atomic E-state index is 14.1. The van der Waals surface area contributed by atoms with E-state index in [2.05, 4.69) is 40.8 Å². The molecule has 2 aliphatic carbocycles. The second kappa shape index (κ2) is 14.5. The summed E-state index contributed by atoms with van der Waals surface area (Å²) in [6.07, 6.45) is 9.07. The fourth-order valence-corrected chi connectivity index (χ4v) is 8.91. The Kier molecular flexibility index (Phi) is 9.91. The van der Waals surface area contributed by atoms with Crippen LogP contribution in [0.4, 0.5) is 0 Å². The molecule has 3 aromatic carbocycles. The van der Waals surface area contributed by atoms with Crippen LogP contribution < -0.4 is 9.47 Å². The minimum atomic E-state index is -0.365. The van der Waals surface area contributed by atoms with E-state index >= 15 is 0 Å². The van der Waals surface area contributed by atoms with Gasteiger partial charge in [0.05, 0.1) is 35.2 Å². The highest BCUT2D eigenvalue weighted by atomic mass is 127. The molecule has 48 heavy (non-hydrogen) atoms. The van der Waals surface area contributed by atoms with Crippen LogP contribution in [0.5, 0.6) is 17.2 Å². The average molecular weight is 760 g/mol. The molecule has 2 heterocycles. The predicted octanol–water partition coefficient (Wildman–Crippen LogP) is 8.05. The van der Waals surface area contributed by atoms with Gasteiger partial charge in [0, 0.05) is 12.0 Å². The standard InChI is InChI=1S/C40H42INO6/c1-46-35-21-25(20-33(41)38(35)43)19-27(26-11-5-2-6-12-26)17-18-34-36-28(23-47-30-15-9-4-10-16-30)22-31-37(32(36)24-48-34)40(45)42(39(31)44)29-13-7-3-8-14-29/h2,4-6,9-12,15-16,19-21,29,31-32,34,37,43H,3,7-8,13-14,17-18,22-24H2,1H3/b27-19-/t31-,32+,34-,37-/m1/s1. The van der Waals surface area contributed by atoms with E-state index in [1.807, 2.05) is 60.7 Å². The molecule has 4 atom stereocenters. The van der Waals surface area contributed by atoms with E-state index < -0.39 is 0 Å². The van der Waals surface area contributed by atoms with Gasteiger partial charge in [0.15, 0.2) is 11.5 Å². The highest BCUT2D eigenvalue weighted by Gasteiger charge is 2.58. The molecule has 0 bridgehead atoms. The second-order valence-corrected chi connectivity index (χ2v) is 14.6. The molecule has 7 rings (SSSR count). The van der Waals surface area contributed by atoms with Crippen molar-refractivity contribution in [3.8, 4) is 17.2 Å². The van der Waals surface area contributed by atoms with E-state index in [1.165, 1.54) is 6.42 Å². The summed E-state index contributed by atoms with van der Waals surface area (Å²) in [5.41, 5.74) is 5.44. The lowest BCUT2D eigenvalue weighted by atomic mass is 9.69. The number of carbonyl (C=O) groups excluding carboxylic acids is 2. The normalized spacial score (nSPS) is 24.5. The van der Waals surface area contributed by atoms with Crippen LogP contribution >= 0.6 is 22.6 Å².